The molecule has 0 radical (unpaired) electrons. The number of fused-ring (bicyclic) bond motifs is 2. The molecule has 0 unspecified atom stereocenters. The third kappa shape index (κ3) is 0.862. The van der Waals surface area contributed by atoms with Gasteiger partial charge in [-0.3, -0.25) is 0 Å². The maximum Gasteiger partial charge on any atom is 0.201 e. The minimum absolute atomic E-state index is 0.396. The standard InChI is InChI=1S/C8H14NO/c10-9-7-3-1-4-8(9)6-2-5-7/h7-8H,1-6H2/q+1. The van der Waals surface area contributed by atoms with Gasteiger partial charge in [-0.1, -0.05) is 0 Å². The molecule has 10 heavy (non-hydrogen) atoms. The lowest BCUT2D eigenvalue weighted by atomic mass is 9.87. The maximum absolute atomic E-state index is 11.3. The van der Waals surface area contributed by atoms with Crippen LogP contribution in [0, 0.1) is 4.91 Å². The molecule has 0 atom stereocenters. The summed E-state index contributed by atoms with van der Waals surface area (Å²) in [6.45, 7) is 0. The van der Waals surface area contributed by atoms with Gasteiger partial charge in [0.25, 0.3) is 0 Å². The van der Waals surface area contributed by atoms with E-state index in [-0.39, 0.29) is 0 Å². The average molecular weight is 140 g/mol. The Kier molecular flexibility index (Phi) is 1.47. The molecule has 2 nitrogen and oxygen atoms in total. The number of rotatable bonds is 0. The molecular weight excluding hydrogens is 126 g/mol. The summed E-state index contributed by atoms with van der Waals surface area (Å²) in [6, 6.07) is 0.792. The van der Waals surface area contributed by atoms with E-state index in [2.05, 4.69) is 0 Å². The van der Waals surface area contributed by atoms with E-state index in [1.54, 1.807) is 0 Å². The molecule has 0 aromatic carbocycles. The third-order valence-electron chi connectivity index (χ3n) is 2.87. The lowest BCUT2D eigenvalue weighted by Crippen LogP contribution is -2.41. The Morgan fingerprint density at radius 3 is 1.60 bits per heavy atom. The highest BCUT2D eigenvalue weighted by Crippen LogP contribution is 2.29. The van der Waals surface area contributed by atoms with Crippen molar-refractivity contribution in [3.8, 4) is 0 Å². The fourth-order valence-corrected chi connectivity index (χ4v) is 2.27. The van der Waals surface area contributed by atoms with Crippen LogP contribution in [0.15, 0.2) is 0 Å². The van der Waals surface area contributed by atoms with Crippen LogP contribution in [-0.4, -0.2) is 16.8 Å². The zero-order chi connectivity index (χ0) is 6.97. The minimum atomic E-state index is 0.396. The Hall–Kier alpha value is -0.400. The zero-order valence-electron chi connectivity index (χ0n) is 6.25. The molecule has 0 aromatic heterocycles. The molecule has 0 spiro atoms. The van der Waals surface area contributed by atoms with Crippen molar-refractivity contribution in [2.45, 2.75) is 50.6 Å². The number of hydrogen-bond acceptors (Lipinski definition) is 1. The Bertz CT molecular complexity index is 131. The molecule has 0 amide bonds. The van der Waals surface area contributed by atoms with Gasteiger partial charge >= 0.3 is 0 Å². The predicted molar refractivity (Wildman–Crippen MR) is 38.9 cm³/mol. The van der Waals surface area contributed by atoms with E-state index in [4.69, 9.17) is 0 Å². The van der Waals surface area contributed by atoms with Crippen molar-refractivity contribution in [3.63, 3.8) is 0 Å². The normalized spacial score (nSPS) is 39.8. The van der Waals surface area contributed by atoms with Crippen LogP contribution in [0.25, 0.3) is 0 Å². The Morgan fingerprint density at radius 2 is 1.30 bits per heavy atom. The predicted octanol–water partition coefficient (Wildman–Crippen LogP) is 1.87. The van der Waals surface area contributed by atoms with Gasteiger partial charge in [0.1, 0.15) is 0 Å². The van der Waals surface area contributed by atoms with Crippen LogP contribution in [0.4, 0.5) is 0 Å². The number of hydrogen-bond donors (Lipinski definition) is 0. The minimum Gasteiger partial charge on any atom is -0.0404 e. The van der Waals surface area contributed by atoms with E-state index < -0.39 is 0 Å². The summed E-state index contributed by atoms with van der Waals surface area (Å²) in [5, 5.41) is 0. The average Bonchev–Trinajstić information content (AvgIpc) is 1.86. The Morgan fingerprint density at radius 1 is 0.900 bits per heavy atom. The second-order valence-corrected chi connectivity index (χ2v) is 3.53. The van der Waals surface area contributed by atoms with Crippen LogP contribution in [0.3, 0.4) is 0 Å². The van der Waals surface area contributed by atoms with Crippen molar-refractivity contribution < 1.29 is 4.76 Å². The SMILES string of the molecule is O=[N+]1C2CCCC1CCC2. The number of nitrogens with zero attached hydrogens (tertiary/aromatic N) is 1. The fourth-order valence-electron chi connectivity index (χ4n) is 2.27. The van der Waals surface area contributed by atoms with Crippen molar-refractivity contribution >= 4 is 0 Å². The van der Waals surface area contributed by atoms with Gasteiger partial charge in [0.2, 0.25) is 12.1 Å². The van der Waals surface area contributed by atoms with E-state index in [1.807, 2.05) is 0 Å². The molecule has 2 fully saturated rings. The summed E-state index contributed by atoms with van der Waals surface area (Å²) in [7, 11) is 0. The molecule has 0 N–H and O–H groups in total. The second kappa shape index (κ2) is 2.33. The Labute approximate surface area is 61.2 Å². The topological polar surface area (TPSA) is 20.1 Å². The van der Waals surface area contributed by atoms with Crippen LogP contribution in [0.2, 0.25) is 0 Å². The van der Waals surface area contributed by atoms with Crippen LogP contribution < -0.4 is 0 Å². The van der Waals surface area contributed by atoms with Crippen LogP contribution in [0.5, 0.6) is 0 Å². The van der Waals surface area contributed by atoms with Gasteiger partial charge in [-0.15, -0.1) is 0 Å². The quantitative estimate of drug-likeness (QED) is 0.470. The number of nitroso groups, excluding NO2 is 1. The van der Waals surface area contributed by atoms with Crippen LogP contribution >= 0.6 is 0 Å². The first-order valence-corrected chi connectivity index (χ1v) is 4.33. The van der Waals surface area contributed by atoms with Crippen molar-refractivity contribution in [2.24, 2.45) is 0 Å². The molecule has 0 saturated carbocycles. The van der Waals surface area contributed by atoms with E-state index in [0.717, 1.165) is 25.7 Å². The fraction of sp³-hybridized carbons (Fsp3) is 1.00. The molecule has 0 aromatic rings. The molecular formula is C8H14NO+. The summed E-state index contributed by atoms with van der Waals surface area (Å²) < 4.78 is 1.37. The lowest BCUT2D eigenvalue weighted by Gasteiger charge is -2.25. The molecule has 56 valence electrons. The van der Waals surface area contributed by atoms with Gasteiger partial charge in [-0.05, 0) is 12.8 Å². The molecule has 2 heterocycles. The van der Waals surface area contributed by atoms with Gasteiger partial charge in [0.05, 0.1) is 0 Å². The third-order valence-corrected chi connectivity index (χ3v) is 2.87. The summed E-state index contributed by atoms with van der Waals surface area (Å²) in [4.78, 5) is 11.3. The molecule has 2 saturated heterocycles. The monoisotopic (exact) mass is 140 g/mol. The summed E-state index contributed by atoms with van der Waals surface area (Å²) in [5.74, 6) is 0. The first-order valence-electron chi connectivity index (χ1n) is 4.33. The number of piperidine rings is 2. The van der Waals surface area contributed by atoms with Crippen LogP contribution in [0.1, 0.15) is 38.5 Å². The zero-order valence-corrected chi connectivity index (χ0v) is 6.25. The molecule has 2 aliphatic rings. The second-order valence-electron chi connectivity index (χ2n) is 3.53. The smallest absolute Gasteiger partial charge is 0.0404 e. The van der Waals surface area contributed by atoms with Gasteiger partial charge in [-0.2, -0.15) is 0 Å². The lowest BCUT2D eigenvalue weighted by molar-refractivity contribution is -0.640. The van der Waals surface area contributed by atoms with Gasteiger partial charge < -0.3 is 0 Å². The van der Waals surface area contributed by atoms with Gasteiger partial charge in [-0.25, -0.2) is 0 Å². The highest BCUT2D eigenvalue weighted by Gasteiger charge is 2.40. The van der Waals surface area contributed by atoms with E-state index in [9.17, 15) is 4.91 Å². The van der Waals surface area contributed by atoms with E-state index in [0.29, 0.717) is 12.1 Å². The molecule has 2 rings (SSSR count). The highest BCUT2D eigenvalue weighted by molar-refractivity contribution is 4.73. The van der Waals surface area contributed by atoms with E-state index >= 15 is 0 Å². The van der Waals surface area contributed by atoms with Crippen molar-refractivity contribution in [2.75, 3.05) is 0 Å². The van der Waals surface area contributed by atoms with Gasteiger partial charge in [0, 0.05) is 35.4 Å². The van der Waals surface area contributed by atoms with Crippen molar-refractivity contribution in [1.82, 2.24) is 0 Å². The van der Waals surface area contributed by atoms with Crippen molar-refractivity contribution in [1.29, 1.82) is 0 Å². The van der Waals surface area contributed by atoms with Crippen molar-refractivity contribution in [3.05, 3.63) is 4.91 Å². The highest BCUT2D eigenvalue weighted by atomic mass is 16.3. The summed E-state index contributed by atoms with van der Waals surface area (Å²) >= 11 is 0. The Balaban J connectivity index is 2.12. The maximum atomic E-state index is 11.3. The summed E-state index contributed by atoms with van der Waals surface area (Å²) in [6.07, 6.45) is 7.18. The summed E-state index contributed by atoms with van der Waals surface area (Å²) in [5.41, 5.74) is 0. The van der Waals surface area contributed by atoms with Gasteiger partial charge in [0.15, 0.2) is 0 Å². The molecule has 0 aliphatic carbocycles. The first-order chi connectivity index (χ1) is 4.88. The van der Waals surface area contributed by atoms with Crippen LogP contribution in [-0.2, 0) is 0 Å². The first kappa shape index (κ1) is 6.32. The molecule has 2 bridgehead atoms. The molecule has 2 heteroatoms. The van der Waals surface area contributed by atoms with E-state index in [1.165, 1.54) is 17.6 Å². The molecule has 2 aliphatic heterocycles. The largest absolute Gasteiger partial charge is 0.201 e.